The van der Waals surface area contributed by atoms with Gasteiger partial charge in [-0.15, -0.1) is 0 Å². The Morgan fingerprint density at radius 2 is 1.84 bits per heavy atom. The van der Waals surface area contributed by atoms with Gasteiger partial charge >= 0.3 is 0 Å². The molecule has 9 rings (SSSR count). The van der Waals surface area contributed by atoms with Crippen molar-refractivity contribution in [3.8, 4) is 11.5 Å². The Morgan fingerprint density at radius 3 is 2.68 bits per heavy atom. The Kier molecular flexibility index (Phi) is 4.33. The summed E-state index contributed by atoms with van der Waals surface area (Å²) in [5.74, 6) is 1.65. The molecule has 0 amide bonds. The first-order valence-electron chi connectivity index (χ1n) is 14.8. The quantitative estimate of drug-likeness (QED) is 0.531. The predicted octanol–water partition coefficient (Wildman–Crippen LogP) is 4.82. The number of aliphatic hydroxyl groups is 1. The lowest BCUT2D eigenvalue weighted by Gasteiger charge is -2.63. The zero-order valence-corrected chi connectivity index (χ0v) is 22.0. The van der Waals surface area contributed by atoms with Crippen molar-refractivity contribution >= 4 is 0 Å². The average Bonchev–Trinajstić information content (AvgIpc) is 3.61. The van der Waals surface area contributed by atoms with Gasteiger partial charge in [-0.3, -0.25) is 4.90 Å². The van der Waals surface area contributed by atoms with Crippen LogP contribution in [0, 0.1) is 5.92 Å². The first-order valence-corrected chi connectivity index (χ1v) is 14.8. The highest BCUT2D eigenvalue weighted by Crippen LogP contribution is 2.69. The molecule has 2 aromatic carbocycles. The van der Waals surface area contributed by atoms with Gasteiger partial charge in [0.1, 0.15) is 0 Å². The second-order valence-corrected chi connectivity index (χ2v) is 13.0. The lowest BCUT2D eigenvalue weighted by Crippen LogP contribution is -2.74. The van der Waals surface area contributed by atoms with Crippen molar-refractivity contribution < 1.29 is 14.9 Å². The van der Waals surface area contributed by atoms with Gasteiger partial charge in [-0.2, -0.15) is 0 Å². The first-order chi connectivity index (χ1) is 18.6. The highest BCUT2D eigenvalue weighted by Gasteiger charge is 2.73. The SMILES string of the molecule is Oc1ccc2c3c1O[C@H]1c4c(c5c(n4Cc4ccccc4)CCCC5)C[C@@]4(O)C(C2)N(CC2CC2)CC[C@]314. The van der Waals surface area contributed by atoms with E-state index in [0.717, 1.165) is 56.8 Å². The van der Waals surface area contributed by atoms with E-state index in [9.17, 15) is 10.2 Å². The van der Waals surface area contributed by atoms with Crippen LogP contribution in [0.3, 0.4) is 0 Å². The zero-order chi connectivity index (χ0) is 25.2. The second kappa shape index (κ2) is 7.45. The molecular formula is C33H36N2O3. The Balaban J connectivity index is 1.29. The number of hydrogen-bond donors (Lipinski definition) is 2. The number of hydrogen-bond acceptors (Lipinski definition) is 4. The molecule has 2 bridgehead atoms. The lowest BCUT2D eigenvalue weighted by molar-refractivity contribution is -0.174. The van der Waals surface area contributed by atoms with Crippen LogP contribution in [-0.4, -0.2) is 44.4 Å². The number of likely N-dealkylation sites (tertiary alicyclic amines) is 1. The molecule has 38 heavy (non-hydrogen) atoms. The van der Waals surface area contributed by atoms with Crippen LogP contribution in [0.25, 0.3) is 0 Å². The largest absolute Gasteiger partial charge is 0.504 e. The predicted molar refractivity (Wildman–Crippen MR) is 145 cm³/mol. The van der Waals surface area contributed by atoms with Gasteiger partial charge in [0.25, 0.3) is 0 Å². The summed E-state index contributed by atoms with van der Waals surface area (Å²) in [5.41, 5.74) is 7.85. The molecule has 5 nitrogen and oxygen atoms in total. The Morgan fingerprint density at radius 1 is 1.00 bits per heavy atom. The fraction of sp³-hybridized carbons (Fsp3) is 0.515. The van der Waals surface area contributed by atoms with E-state index in [2.05, 4.69) is 45.9 Å². The van der Waals surface area contributed by atoms with E-state index < -0.39 is 11.0 Å². The molecule has 4 atom stereocenters. The fourth-order valence-electron chi connectivity index (χ4n) is 9.34. The monoisotopic (exact) mass is 508 g/mol. The molecule has 3 heterocycles. The van der Waals surface area contributed by atoms with E-state index in [4.69, 9.17) is 4.74 Å². The van der Waals surface area contributed by atoms with Crippen LogP contribution in [0.5, 0.6) is 11.5 Å². The third-order valence-electron chi connectivity index (χ3n) is 11.1. The highest BCUT2D eigenvalue weighted by atomic mass is 16.5. The van der Waals surface area contributed by atoms with Crippen molar-refractivity contribution in [1.82, 2.24) is 9.47 Å². The van der Waals surface area contributed by atoms with Crippen molar-refractivity contribution in [2.24, 2.45) is 5.92 Å². The number of piperidine rings is 1. The minimum absolute atomic E-state index is 0.0933. The van der Waals surface area contributed by atoms with Crippen LogP contribution >= 0.6 is 0 Å². The number of phenols is 1. The Bertz CT molecular complexity index is 1470. The van der Waals surface area contributed by atoms with Crippen LogP contribution in [0.2, 0.25) is 0 Å². The minimum Gasteiger partial charge on any atom is -0.504 e. The van der Waals surface area contributed by atoms with Crippen molar-refractivity contribution in [2.45, 2.75) is 87.5 Å². The zero-order valence-electron chi connectivity index (χ0n) is 22.0. The molecule has 5 heteroatoms. The summed E-state index contributed by atoms with van der Waals surface area (Å²) in [5, 5.41) is 24.2. The number of fused-ring (bicyclic) bond motifs is 4. The number of ether oxygens (including phenoxy) is 1. The third-order valence-corrected chi connectivity index (χ3v) is 11.1. The molecule has 2 N–H and O–H groups in total. The number of benzene rings is 2. The van der Waals surface area contributed by atoms with Crippen molar-refractivity contribution in [3.63, 3.8) is 0 Å². The summed E-state index contributed by atoms with van der Waals surface area (Å²) >= 11 is 0. The van der Waals surface area contributed by atoms with E-state index in [1.54, 1.807) is 0 Å². The molecule has 1 saturated heterocycles. The fourth-order valence-corrected chi connectivity index (χ4v) is 9.34. The third kappa shape index (κ3) is 2.65. The van der Waals surface area contributed by atoms with Gasteiger partial charge in [-0.05, 0) is 92.1 Å². The molecule has 2 fully saturated rings. The van der Waals surface area contributed by atoms with Gasteiger partial charge in [0, 0.05) is 36.8 Å². The topological polar surface area (TPSA) is 57.9 Å². The van der Waals surface area contributed by atoms with Gasteiger partial charge in [0.15, 0.2) is 17.6 Å². The summed E-state index contributed by atoms with van der Waals surface area (Å²) in [4.78, 5) is 2.63. The average molecular weight is 509 g/mol. The van der Waals surface area contributed by atoms with Crippen molar-refractivity contribution in [3.05, 3.63) is 81.7 Å². The number of phenolic OH excluding ortho intramolecular Hbond substituents is 1. The lowest BCUT2D eigenvalue weighted by atomic mass is 9.49. The first kappa shape index (κ1) is 22.1. The standard InChI is InChI=1S/C33H36N2O3/c36-26-13-12-22-16-27-33(37)17-24-23-8-4-5-9-25(23)35(19-20-6-2-1-3-7-20)29(24)31-32(33,28(22)30(26)38-31)14-15-34(27)18-21-10-11-21/h1-3,6-7,12-13,21,27,31,36-37H,4-5,8-11,14-19H2/t27?,31-,32-,33+/m0/s1. The van der Waals surface area contributed by atoms with Crippen LogP contribution in [0.15, 0.2) is 42.5 Å². The maximum Gasteiger partial charge on any atom is 0.166 e. The highest BCUT2D eigenvalue weighted by molar-refractivity contribution is 5.65. The minimum atomic E-state index is -0.895. The summed E-state index contributed by atoms with van der Waals surface area (Å²) < 4.78 is 9.51. The van der Waals surface area contributed by atoms with E-state index in [1.165, 1.54) is 59.3 Å². The van der Waals surface area contributed by atoms with E-state index >= 15 is 0 Å². The van der Waals surface area contributed by atoms with Crippen LogP contribution < -0.4 is 4.74 Å². The molecule has 196 valence electrons. The Labute approximate surface area is 224 Å². The number of aromatic hydroxyl groups is 1. The molecular weight excluding hydrogens is 472 g/mol. The van der Waals surface area contributed by atoms with Crippen LogP contribution in [0.1, 0.15) is 77.4 Å². The second-order valence-electron chi connectivity index (χ2n) is 13.0. The van der Waals surface area contributed by atoms with Crippen LogP contribution in [-0.2, 0) is 37.6 Å². The molecule has 0 radical (unpaired) electrons. The summed E-state index contributed by atoms with van der Waals surface area (Å²) in [6.45, 7) is 2.93. The maximum atomic E-state index is 13.1. The van der Waals surface area contributed by atoms with E-state index in [1.807, 2.05) is 6.07 Å². The van der Waals surface area contributed by atoms with Gasteiger partial charge in [-0.25, -0.2) is 0 Å². The molecule has 1 saturated carbocycles. The molecule has 6 aliphatic rings. The van der Waals surface area contributed by atoms with E-state index in [0.29, 0.717) is 12.2 Å². The molecule has 1 unspecified atom stereocenters. The summed E-state index contributed by atoms with van der Waals surface area (Å²) in [6.07, 6.45) is 9.42. The smallest absolute Gasteiger partial charge is 0.166 e. The van der Waals surface area contributed by atoms with Gasteiger partial charge in [0.05, 0.1) is 16.7 Å². The number of rotatable bonds is 4. The molecule has 1 aromatic heterocycles. The number of aromatic nitrogens is 1. The molecule has 4 aliphatic carbocycles. The Hall–Kier alpha value is -2.76. The van der Waals surface area contributed by atoms with Crippen molar-refractivity contribution in [2.75, 3.05) is 13.1 Å². The number of nitrogens with zero attached hydrogens (tertiary/aromatic N) is 2. The van der Waals surface area contributed by atoms with Crippen LogP contribution in [0.4, 0.5) is 0 Å². The molecule has 2 aliphatic heterocycles. The van der Waals surface area contributed by atoms with E-state index in [-0.39, 0.29) is 17.9 Å². The maximum absolute atomic E-state index is 13.1. The molecule has 1 spiro atoms. The summed E-state index contributed by atoms with van der Waals surface area (Å²) in [7, 11) is 0. The summed E-state index contributed by atoms with van der Waals surface area (Å²) in [6, 6.07) is 14.8. The normalized spacial score (nSPS) is 32.3. The van der Waals surface area contributed by atoms with Gasteiger partial charge < -0.3 is 19.5 Å². The van der Waals surface area contributed by atoms with Crippen molar-refractivity contribution in [1.29, 1.82) is 0 Å². The van der Waals surface area contributed by atoms with Gasteiger partial charge in [-0.1, -0.05) is 36.4 Å². The van der Waals surface area contributed by atoms with Gasteiger partial charge in [0.2, 0.25) is 0 Å². The molecule has 3 aromatic rings.